The highest BCUT2D eigenvalue weighted by Crippen LogP contribution is 2.44. The molecule has 46 heavy (non-hydrogen) atoms. The van der Waals surface area contributed by atoms with Gasteiger partial charge in [-0.2, -0.15) is 0 Å². The summed E-state index contributed by atoms with van der Waals surface area (Å²) in [5.74, 6) is 3.28. The van der Waals surface area contributed by atoms with Gasteiger partial charge in [0.2, 0.25) is 0 Å². The zero-order valence-corrected chi connectivity index (χ0v) is 25.3. The van der Waals surface area contributed by atoms with Gasteiger partial charge in [0.25, 0.3) is 0 Å². The molecule has 10 aromatic rings. The van der Waals surface area contributed by atoms with Crippen molar-refractivity contribution in [1.82, 2.24) is 19.1 Å². The number of aromatic nitrogens is 4. The maximum absolute atomic E-state index is 6.65. The van der Waals surface area contributed by atoms with Crippen LogP contribution in [-0.2, 0) is 0 Å². The van der Waals surface area contributed by atoms with E-state index in [9.17, 15) is 0 Å². The number of hydrogen-bond acceptors (Lipinski definition) is 4. The number of nitrogens with zero attached hydrogens (tertiary/aromatic N) is 4. The van der Waals surface area contributed by atoms with Gasteiger partial charge in [0.15, 0.2) is 0 Å². The van der Waals surface area contributed by atoms with Crippen molar-refractivity contribution in [2.45, 2.75) is 0 Å². The fraction of sp³-hybridized carbons (Fsp3) is 0. The summed E-state index contributed by atoms with van der Waals surface area (Å²) in [4.78, 5) is 9.50. The summed E-state index contributed by atoms with van der Waals surface area (Å²) >= 11 is 1.83. The van der Waals surface area contributed by atoms with Gasteiger partial charge in [0.05, 0.1) is 22.1 Å². The number of para-hydroxylation sites is 1. The normalized spacial score (nSPS) is 11.9. The van der Waals surface area contributed by atoms with E-state index in [0.29, 0.717) is 0 Å². The summed E-state index contributed by atoms with van der Waals surface area (Å²) in [5.41, 5.74) is 4.38. The molecule has 0 saturated carbocycles. The lowest BCUT2D eigenvalue weighted by Gasteiger charge is -2.10. The minimum Gasteiger partial charge on any atom is -0.457 e. The van der Waals surface area contributed by atoms with Crippen molar-refractivity contribution in [3.8, 4) is 23.1 Å². The average Bonchev–Trinajstić information content (AvgIpc) is 3.76. The molecular weight excluding hydrogens is 585 g/mol. The molecule has 0 fully saturated rings. The predicted octanol–water partition coefficient (Wildman–Crippen LogP) is 10.8. The number of benzene rings is 5. The molecule has 6 heteroatoms. The van der Waals surface area contributed by atoms with Crippen LogP contribution >= 0.6 is 11.3 Å². The number of hydrogen-bond donors (Lipinski definition) is 0. The summed E-state index contributed by atoms with van der Waals surface area (Å²) in [5, 5.41) is 7.23. The molecule has 5 aromatic heterocycles. The van der Waals surface area contributed by atoms with Crippen molar-refractivity contribution >= 4 is 75.1 Å². The van der Waals surface area contributed by atoms with Crippen LogP contribution in [-0.4, -0.2) is 19.1 Å². The second-order valence-electron chi connectivity index (χ2n) is 11.5. The summed E-state index contributed by atoms with van der Waals surface area (Å²) in [6.07, 6.45) is 3.69. The van der Waals surface area contributed by atoms with E-state index in [-0.39, 0.29) is 0 Å². The molecule has 10 rings (SSSR count). The van der Waals surface area contributed by atoms with Gasteiger partial charge in [0.1, 0.15) is 23.1 Å². The molecule has 5 aromatic carbocycles. The summed E-state index contributed by atoms with van der Waals surface area (Å²) < 4.78 is 13.7. The Morgan fingerprint density at radius 2 is 1.04 bits per heavy atom. The van der Waals surface area contributed by atoms with E-state index in [2.05, 4.69) is 117 Å². The quantitative estimate of drug-likeness (QED) is 0.200. The Hall–Kier alpha value is -5.98. The Kier molecular flexibility index (Phi) is 5.38. The number of fused-ring (bicyclic) bond motifs is 10. The van der Waals surface area contributed by atoms with Gasteiger partial charge in [-0.05, 0) is 66.7 Å². The Balaban J connectivity index is 1.19. The minimum absolute atomic E-state index is 0.763. The molecule has 0 amide bonds. The van der Waals surface area contributed by atoms with E-state index in [1.54, 1.807) is 0 Å². The van der Waals surface area contributed by atoms with Crippen molar-refractivity contribution in [2.24, 2.45) is 0 Å². The fourth-order valence-corrected chi connectivity index (χ4v) is 8.07. The third kappa shape index (κ3) is 3.68. The van der Waals surface area contributed by atoms with Gasteiger partial charge in [-0.3, -0.25) is 9.13 Å². The second kappa shape index (κ2) is 9.76. The van der Waals surface area contributed by atoms with Gasteiger partial charge < -0.3 is 4.74 Å². The average molecular weight is 609 g/mol. The first-order chi connectivity index (χ1) is 22.8. The van der Waals surface area contributed by atoms with E-state index in [1.807, 2.05) is 54.1 Å². The van der Waals surface area contributed by atoms with Crippen molar-refractivity contribution in [3.05, 3.63) is 146 Å². The monoisotopic (exact) mass is 608 g/mol. The summed E-state index contributed by atoms with van der Waals surface area (Å²) in [6.45, 7) is 0. The molecule has 0 spiro atoms. The SMILES string of the molecule is c1ccc(-n2c3ccccc3c3ccc(Oc4ccc5c6ccc7sc8ccccc8c7c6n(-c6ccccn6)c5c4)cc32)nc1. The van der Waals surface area contributed by atoms with Crippen molar-refractivity contribution in [3.63, 3.8) is 0 Å². The zero-order chi connectivity index (χ0) is 30.2. The summed E-state index contributed by atoms with van der Waals surface area (Å²) in [7, 11) is 0. The Labute approximate surface area is 267 Å². The third-order valence-corrected chi connectivity index (χ3v) is 10.0. The molecule has 0 N–H and O–H groups in total. The number of thiophene rings is 1. The number of ether oxygens (including phenoxy) is 1. The van der Waals surface area contributed by atoms with Gasteiger partial charge >= 0.3 is 0 Å². The minimum atomic E-state index is 0.763. The molecule has 0 aliphatic heterocycles. The standard InChI is InChI=1S/C40H24N4OS/c1-3-11-32-27(9-1)28-17-15-25(23-33(28)43(32)37-13-5-7-21-41-37)45-26-16-18-29-30-19-20-36-39(31-10-2-4-12-35(31)46-36)40(30)44(34(29)24-26)38-14-6-8-22-42-38/h1-24H. The first kappa shape index (κ1) is 25.4. The molecule has 0 bridgehead atoms. The fourth-order valence-electron chi connectivity index (χ4n) is 6.96. The molecular formula is C40H24N4OS. The molecule has 5 heterocycles. The molecule has 0 radical (unpaired) electrons. The highest BCUT2D eigenvalue weighted by atomic mass is 32.1. The van der Waals surface area contributed by atoms with Crippen LogP contribution in [0.4, 0.5) is 0 Å². The van der Waals surface area contributed by atoms with Crippen molar-refractivity contribution < 1.29 is 4.74 Å². The Morgan fingerprint density at radius 1 is 0.457 bits per heavy atom. The van der Waals surface area contributed by atoms with Crippen LogP contribution in [0.2, 0.25) is 0 Å². The molecule has 0 saturated heterocycles. The van der Waals surface area contributed by atoms with E-state index in [1.165, 1.54) is 36.5 Å². The van der Waals surface area contributed by atoms with E-state index in [4.69, 9.17) is 9.72 Å². The van der Waals surface area contributed by atoms with Crippen LogP contribution < -0.4 is 4.74 Å². The van der Waals surface area contributed by atoms with E-state index in [0.717, 1.165) is 50.5 Å². The lowest BCUT2D eigenvalue weighted by molar-refractivity contribution is 0.484. The molecule has 0 unspecified atom stereocenters. The first-order valence-electron chi connectivity index (χ1n) is 15.2. The zero-order valence-electron chi connectivity index (χ0n) is 24.5. The molecule has 0 aliphatic rings. The van der Waals surface area contributed by atoms with Gasteiger partial charge in [-0.25, -0.2) is 9.97 Å². The van der Waals surface area contributed by atoms with E-state index < -0.39 is 0 Å². The molecule has 216 valence electrons. The van der Waals surface area contributed by atoms with Gasteiger partial charge in [-0.1, -0.05) is 54.6 Å². The molecule has 5 nitrogen and oxygen atoms in total. The topological polar surface area (TPSA) is 44.9 Å². The highest BCUT2D eigenvalue weighted by molar-refractivity contribution is 7.26. The molecule has 0 aliphatic carbocycles. The van der Waals surface area contributed by atoms with Crippen molar-refractivity contribution in [2.75, 3.05) is 0 Å². The van der Waals surface area contributed by atoms with Crippen LogP contribution in [0.3, 0.4) is 0 Å². The highest BCUT2D eigenvalue weighted by Gasteiger charge is 2.20. The van der Waals surface area contributed by atoms with Crippen LogP contribution in [0.5, 0.6) is 11.5 Å². The predicted molar refractivity (Wildman–Crippen MR) is 190 cm³/mol. The van der Waals surface area contributed by atoms with Crippen LogP contribution in [0.25, 0.3) is 75.4 Å². The van der Waals surface area contributed by atoms with Crippen molar-refractivity contribution in [1.29, 1.82) is 0 Å². The smallest absolute Gasteiger partial charge is 0.137 e. The third-order valence-electron chi connectivity index (χ3n) is 8.88. The molecule has 0 atom stereocenters. The number of pyridine rings is 2. The van der Waals surface area contributed by atoms with Crippen LogP contribution in [0, 0.1) is 0 Å². The van der Waals surface area contributed by atoms with Gasteiger partial charge in [0, 0.05) is 66.2 Å². The summed E-state index contributed by atoms with van der Waals surface area (Å²) in [6, 6.07) is 46.4. The lowest BCUT2D eigenvalue weighted by Crippen LogP contribution is -1.97. The Bertz CT molecular complexity index is 2780. The van der Waals surface area contributed by atoms with E-state index >= 15 is 0 Å². The maximum Gasteiger partial charge on any atom is 0.137 e. The Morgan fingerprint density at radius 3 is 1.78 bits per heavy atom. The largest absolute Gasteiger partial charge is 0.457 e. The van der Waals surface area contributed by atoms with Crippen LogP contribution in [0.1, 0.15) is 0 Å². The van der Waals surface area contributed by atoms with Crippen LogP contribution in [0.15, 0.2) is 146 Å². The second-order valence-corrected chi connectivity index (χ2v) is 12.5. The van der Waals surface area contributed by atoms with Gasteiger partial charge in [-0.15, -0.1) is 11.3 Å². The number of rotatable bonds is 4. The maximum atomic E-state index is 6.65. The lowest BCUT2D eigenvalue weighted by atomic mass is 10.1. The first-order valence-corrected chi connectivity index (χ1v) is 16.1.